The zero-order chi connectivity index (χ0) is 29.8. The zero-order valence-electron chi connectivity index (χ0n) is 22.1. The van der Waals surface area contributed by atoms with E-state index in [9.17, 15) is 28.8 Å². The van der Waals surface area contributed by atoms with Gasteiger partial charge < -0.3 is 15.4 Å². The standard InChI is InChI=1S/C30H22FN5O5S/c1-2-41-30(40)29(39)34-19-10-13-24-21(14-19)26-23(16-42-24)25(35-36(26)20-11-8-17(31)9-12-20)27(37)22(15-32)28(38)33-18-6-4-3-5-7-18/h3-14,22H,2,16H2,1H3,(H,33,38)(H,34,39). The summed E-state index contributed by atoms with van der Waals surface area (Å²) in [5.41, 5.74) is 2.56. The molecule has 1 aliphatic heterocycles. The molecular formula is C30H22FN5O5S. The lowest BCUT2D eigenvalue weighted by molar-refractivity contribution is -0.152. The second kappa shape index (κ2) is 12.1. The Labute approximate surface area is 243 Å². The van der Waals surface area contributed by atoms with Crippen molar-refractivity contribution in [3.63, 3.8) is 0 Å². The van der Waals surface area contributed by atoms with E-state index in [-0.39, 0.29) is 23.7 Å². The van der Waals surface area contributed by atoms with Crippen LogP contribution in [0.5, 0.6) is 0 Å². The zero-order valence-corrected chi connectivity index (χ0v) is 22.9. The van der Waals surface area contributed by atoms with Crippen LogP contribution in [-0.4, -0.2) is 40.0 Å². The van der Waals surface area contributed by atoms with Gasteiger partial charge >= 0.3 is 11.9 Å². The number of aromatic nitrogens is 2. The maximum absolute atomic E-state index is 13.8. The number of Topliss-reactive ketones (excluding diaryl/α,β-unsaturated/α-hetero) is 1. The maximum Gasteiger partial charge on any atom is 0.397 e. The van der Waals surface area contributed by atoms with Gasteiger partial charge in [0.1, 0.15) is 11.5 Å². The summed E-state index contributed by atoms with van der Waals surface area (Å²) >= 11 is 1.39. The lowest BCUT2D eigenvalue weighted by Crippen LogP contribution is -2.29. The average Bonchev–Trinajstić information content (AvgIpc) is 3.39. The van der Waals surface area contributed by atoms with E-state index in [0.29, 0.717) is 28.2 Å². The van der Waals surface area contributed by atoms with Gasteiger partial charge in [0.05, 0.1) is 24.1 Å². The van der Waals surface area contributed by atoms with Crippen LogP contribution >= 0.6 is 11.8 Å². The predicted octanol–water partition coefficient (Wildman–Crippen LogP) is 4.75. The molecule has 210 valence electrons. The van der Waals surface area contributed by atoms with E-state index in [1.54, 1.807) is 61.5 Å². The van der Waals surface area contributed by atoms with Crippen molar-refractivity contribution in [3.05, 3.63) is 89.9 Å². The number of esters is 1. The molecule has 42 heavy (non-hydrogen) atoms. The Morgan fingerprint density at radius 1 is 1.05 bits per heavy atom. The van der Waals surface area contributed by atoms with Crippen LogP contribution in [0.2, 0.25) is 0 Å². The third-order valence-electron chi connectivity index (χ3n) is 6.31. The van der Waals surface area contributed by atoms with Gasteiger partial charge in [0, 0.05) is 33.2 Å². The molecular weight excluding hydrogens is 561 g/mol. The van der Waals surface area contributed by atoms with Gasteiger partial charge in [-0.2, -0.15) is 10.4 Å². The smallest absolute Gasteiger partial charge is 0.397 e. The van der Waals surface area contributed by atoms with Crippen LogP contribution in [0.4, 0.5) is 15.8 Å². The lowest BCUT2D eigenvalue weighted by atomic mass is 9.97. The number of carbonyl (C=O) groups is 4. The summed E-state index contributed by atoms with van der Waals surface area (Å²) < 4.78 is 20.0. The molecule has 2 heterocycles. The fourth-order valence-electron chi connectivity index (χ4n) is 4.39. The van der Waals surface area contributed by atoms with E-state index >= 15 is 0 Å². The number of hydrogen-bond donors (Lipinski definition) is 2. The van der Waals surface area contributed by atoms with Crippen LogP contribution in [-0.2, 0) is 24.9 Å². The monoisotopic (exact) mass is 583 g/mol. The number of anilines is 2. The van der Waals surface area contributed by atoms with Crippen LogP contribution < -0.4 is 10.6 Å². The molecule has 1 unspecified atom stereocenters. The van der Waals surface area contributed by atoms with Crippen molar-refractivity contribution in [2.24, 2.45) is 5.92 Å². The van der Waals surface area contributed by atoms with Crippen molar-refractivity contribution in [2.75, 3.05) is 17.2 Å². The molecule has 12 heteroatoms. The van der Waals surface area contributed by atoms with Crippen LogP contribution in [0.3, 0.4) is 0 Å². The number of benzene rings is 3. The summed E-state index contributed by atoms with van der Waals surface area (Å²) in [5.74, 6) is -5.45. The average molecular weight is 584 g/mol. The molecule has 0 saturated carbocycles. The first-order chi connectivity index (χ1) is 20.3. The van der Waals surface area contributed by atoms with Crippen molar-refractivity contribution >= 4 is 46.7 Å². The van der Waals surface area contributed by atoms with Gasteiger partial charge in [-0.25, -0.2) is 13.9 Å². The minimum atomic E-state index is -1.69. The topological polar surface area (TPSA) is 143 Å². The molecule has 0 bridgehead atoms. The summed E-state index contributed by atoms with van der Waals surface area (Å²) in [6.07, 6.45) is 0. The molecule has 0 aliphatic carbocycles. The number of thioether (sulfide) groups is 1. The number of halogens is 1. The van der Waals surface area contributed by atoms with E-state index in [4.69, 9.17) is 4.74 Å². The van der Waals surface area contributed by atoms with Gasteiger partial charge in [0.25, 0.3) is 0 Å². The third-order valence-corrected chi connectivity index (χ3v) is 7.41. The maximum atomic E-state index is 13.8. The number of ether oxygens (including phenoxy) is 1. The Kier molecular flexibility index (Phi) is 8.12. The first-order valence-electron chi connectivity index (χ1n) is 12.7. The Bertz CT molecular complexity index is 1750. The van der Waals surface area contributed by atoms with Crippen molar-refractivity contribution in [3.8, 4) is 23.0 Å². The summed E-state index contributed by atoms with van der Waals surface area (Å²) in [5, 5.41) is 19.5. The van der Waals surface area contributed by atoms with Crippen molar-refractivity contribution < 1.29 is 28.3 Å². The van der Waals surface area contributed by atoms with Crippen molar-refractivity contribution in [1.82, 2.24) is 9.78 Å². The van der Waals surface area contributed by atoms with E-state index < -0.39 is 35.3 Å². The Morgan fingerprint density at radius 2 is 1.79 bits per heavy atom. The SMILES string of the molecule is CCOC(=O)C(=O)Nc1ccc2c(c1)-c1c(c(C(=O)C(C#N)C(=O)Nc3ccccc3)nn1-c1ccc(F)cc1)CS2. The van der Waals surface area contributed by atoms with Crippen LogP contribution in [0, 0.1) is 23.1 Å². The molecule has 3 aromatic carbocycles. The van der Waals surface area contributed by atoms with E-state index in [1.807, 2.05) is 0 Å². The molecule has 1 atom stereocenters. The lowest BCUT2D eigenvalue weighted by Gasteiger charge is -2.19. The number of nitrogens with one attached hydrogen (secondary N) is 2. The third kappa shape index (κ3) is 5.63. The van der Waals surface area contributed by atoms with Gasteiger partial charge in [0.15, 0.2) is 5.92 Å². The number of amides is 2. The number of rotatable bonds is 7. The molecule has 0 radical (unpaired) electrons. The van der Waals surface area contributed by atoms with Gasteiger partial charge in [-0.15, -0.1) is 11.8 Å². The number of nitrogens with zero attached hydrogens (tertiary/aromatic N) is 3. The van der Waals surface area contributed by atoms with Gasteiger partial charge in [-0.1, -0.05) is 18.2 Å². The van der Waals surface area contributed by atoms with Gasteiger partial charge in [-0.05, 0) is 61.5 Å². The summed E-state index contributed by atoms with van der Waals surface area (Å²) in [4.78, 5) is 51.6. The highest BCUT2D eigenvalue weighted by Crippen LogP contribution is 2.45. The van der Waals surface area contributed by atoms with Gasteiger partial charge in [0.2, 0.25) is 11.7 Å². The van der Waals surface area contributed by atoms with Crippen molar-refractivity contribution in [1.29, 1.82) is 5.26 Å². The number of hydrogen-bond acceptors (Lipinski definition) is 8. The molecule has 0 fully saturated rings. The number of para-hydroxylation sites is 1. The highest BCUT2D eigenvalue weighted by atomic mass is 32.2. The molecule has 0 spiro atoms. The molecule has 1 aromatic heterocycles. The first kappa shape index (κ1) is 28.3. The fraction of sp³-hybridized carbons (Fsp3) is 0.133. The van der Waals surface area contributed by atoms with E-state index in [1.165, 1.54) is 40.7 Å². The number of carbonyl (C=O) groups excluding carboxylic acids is 4. The Hall–Kier alpha value is -5.28. The second-order valence-corrected chi connectivity index (χ2v) is 10.0. The molecule has 4 aromatic rings. The molecule has 5 rings (SSSR count). The minimum Gasteiger partial charge on any atom is -0.459 e. The highest BCUT2D eigenvalue weighted by molar-refractivity contribution is 7.98. The van der Waals surface area contributed by atoms with Crippen molar-refractivity contribution in [2.45, 2.75) is 17.6 Å². The summed E-state index contributed by atoms with van der Waals surface area (Å²) in [6.45, 7) is 1.62. The molecule has 0 saturated heterocycles. The molecule has 10 nitrogen and oxygen atoms in total. The second-order valence-electron chi connectivity index (χ2n) is 9.02. The summed E-state index contributed by atoms with van der Waals surface area (Å²) in [7, 11) is 0. The molecule has 2 N–H and O–H groups in total. The van der Waals surface area contributed by atoms with Crippen LogP contribution in [0.25, 0.3) is 16.9 Å². The summed E-state index contributed by atoms with van der Waals surface area (Å²) in [6, 6.07) is 20.7. The van der Waals surface area contributed by atoms with Crippen LogP contribution in [0.15, 0.2) is 77.7 Å². The number of fused-ring (bicyclic) bond motifs is 3. The van der Waals surface area contributed by atoms with E-state index in [2.05, 4.69) is 15.7 Å². The quantitative estimate of drug-likeness (QED) is 0.137. The Morgan fingerprint density at radius 3 is 2.48 bits per heavy atom. The fourth-order valence-corrected chi connectivity index (χ4v) is 5.44. The largest absolute Gasteiger partial charge is 0.459 e. The van der Waals surface area contributed by atoms with Gasteiger partial charge in [-0.3, -0.25) is 14.4 Å². The number of ketones is 1. The normalized spacial score (nSPS) is 12.2. The first-order valence-corrected chi connectivity index (χ1v) is 13.7. The molecule has 2 amide bonds. The minimum absolute atomic E-state index is 0.0389. The molecule has 1 aliphatic rings. The number of nitriles is 1. The van der Waals surface area contributed by atoms with E-state index in [0.717, 1.165) is 4.90 Å². The predicted molar refractivity (Wildman–Crippen MR) is 152 cm³/mol. The Balaban J connectivity index is 1.58. The highest BCUT2D eigenvalue weighted by Gasteiger charge is 2.36. The van der Waals surface area contributed by atoms with Crippen LogP contribution in [0.1, 0.15) is 23.0 Å².